The summed E-state index contributed by atoms with van der Waals surface area (Å²) in [5.74, 6) is -0.749. The van der Waals surface area contributed by atoms with Crippen LogP contribution in [0.3, 0.4) is 0 Å². The molecule has 4 nitrogen and oxygen atoms in total. The van der Waals surface area contributed by atoms with Crippen molar-refractivity contribution >= 4 is 40.2 Å². The second-order valence-electron chi connectivity index (χ2n) is 4.69. The van der Waals surface area contributed by atoms with Crippen LogP contribution in [0.15, 0.2) is 36.4 Å². The fraction of sp³-hybridized carbons (Fsp3) is 0.308. The number of halogens is 6. The highest BCUT2D eigenvalue weighted by molar-refractivity contribution is 7.84. The first kappa shape index (κ1) is 19.2. The molecule has 1 aliphatic rings. The van der Waals surface area contributed by atoms with Gasteiger partial charge in [-0.15, -0.1) is 0 Å². The fourth-order valence-corrected chi connectivity index (χ4v) is 3.05. The zero-order valence-corrected chi connectivity index (χ0v) is 13.8. The van der Waals surface area contributed by atoms with E-state index < -0.39 is 39.7 Å². The molecule has 1 N–H and O–H groups in total. The van der Waals surface area contributed by atoms with Crippen LogP contribution in [0.1, 0.15) is 11.6 Å². The van der Waals surface area contributed by atoms with Gasteiger partial charge < -0.3 is 4.74 Å². The monoisotopic (exact) mass is 405 g/mol. The molecule has 1 aliphatic heterocycles. The van der Waals surface area contributed by atoms with Gasteiger partial charge in [-0.1, -0.05) is 23.7 Å². The van der Waals surface area contributed by atoms with E-state index >= 15 is 0 Å². The van der Waals surface area contributed by atoms with Crippen molar-refractivity contribution in [3.63, 3.8) is 0 Å². The number of nitrogens with one attached hydrogen (secondary N) is 1. The predicted octanol–water partition coefficient (Wildman–Crippen LogP) is 3.54. The summed E-state index contributed by atoms with van der Waals surface area (Å²) in [5, 5.41) is -9.75. The summed E-state index contributed by atoms with van der Waals surface area (Å²) in [5.41, 5.74) is 0.241. The highest BCUT2D eigenvalue weighted by Gasteiger charge is 2.61. The molecule has 0 fully saturated rings. The largest absolute Gasteiger partial charge is 0.453 e. The van der Waals surface area contributed by atoms with Crippen molar-refractivity contribution in [2.45, 2.75) is 22.8 Å². The summed E-state index contributed by atoms with van der Waals surface area (Å²) < 4.78 is 70.8. The third-order valence-corrected chi connectivity index (χ3v) is 4.82. The van der Waals surface area contributed by atoms with Crippen LogP contribution in [0.25, 0.3) is 0 Å². The minimum Gasteiger partial charge on any atom is -0.453 e. The fourth-order valence-electron chi connectivity index (χ4n) is 1.85. The van der Waals surface area contributed by atoms with E-state index in [1.54, 1.807) is 0 Å². The number of ether oxygens (including phenoxy) is 1. The molecule has 3 atom stereocenters. The second-order valence-corrected chi connectivity index (χ2v) is 6.89. The highest BCUT2D eigenvalue weighted by Crippen LogP contribution is 2.40. The SMILES string of the molecule is O=C1C=C[C@H]([C@H](NS(=O)C(F)(F)C(F)(F)Cl)c2ccc(Cl)cc2)O1. The van der Waals surface area contributed by atoms with E-state index in [0.717, 1.165) is 6.08 Å². The average Bonchev–Trinajstić information content (AvgIpc) is 2.90. The van der Waals surface area contributed by atoms with Gasteiger partial charge in [-0.2, -0.15) is 17.6 Å². The summed E-state index contributed by atoms with van der Waals surface area (Å²) in [6, 6.07) is 4.30. The van der Waals surface area contributed by atoms with Crippen LogP contribution >= 0.6 is 23.2 Å². The Kier molecular flexibility index (Phi) is 5.58. The third-order valence-electron chi connectivity index (χ3n) is 3.03. The highest BCUT2D eigenvalue weighted by atomic mass is 35.5. The topological polar surface area (TPSA) is 55.4 Å². The van der Waals surface area contributed by atoms with Crippen molar-refractivity contribution in [1.29, 1.82) is 0 Å². The quantitative estimate of drug-likeness (QED) is 0.447. The molecule has 1 heterocycles. The van der Waals surface area contributed by atoms with Crippen LogP contribution in [-0.2, 0) is 20.5 Å². The Hall–Kier alpha value is -1.16. The van der Waals surface area contributed by atoms with Gasteiger partial charge in [0, 0.05) is 11.1 Å². The number of rotatable bonds is 6. The maximum absolute atomic E-state index is 13.4. The van der Waals surface area contributed by atoms with E-state index in [1.165, 1.54) is 30.3 Å². The van der Waals surface area contributed by atoms with Crippen LogP contribution in [0.2, 0.25) is 5.02 Å². The van der Waals surface area contributed by atoms with Crippen LogP contribution in [0.4, 0.5) is 17.6 Å². The maximum Gasteiger partial charge on any atom is 0.410 e. The number of carbonyl (C=O) groups is 1. The zero-order chi connectivity index (χ0) is 18.1. The van der Waals surface area contributed by atoms with Gasteiger partial charge in [0.15, 0.2) is 11.0 Å². The number of alkyl halides is 5. The molecule has 0 aromatic heterocycles. The Morgan fingerprint density at radius 1 is 1.21 bits per heavy atom. The Morgan fingerprint density at radius 2 is 1.79 bits per heavy atom. The first-order valence-electron chi connectivity index (χ1n) is 6.29. The summed E-state index contributed by atoms with van der Waals surface area (Å²) >= 11 is 10.0. The molecule has 1 unspecified atom stereocenters. The Bertz CT molecular complexity index is 679. The smallest absolute Gasteiger partial charge is 0.410 e. The maximum atomic E-state index is 13.4. The summed E-state index contributed by atoms with van der Waals surface area (Å²) in [6.45, 7) is 0. The molecule has 0 amide bonds. The van der Waals surface area contributed by atoms with Gasteiger partial charge in [0.1, 0.15) is 6.10 Å². The minimum absolute atomic E-state index is 0.241. The number of esters is 1. The van der Waals surface area contributed by atoms with E-state index in [0.29, 0.717) is 5.02 Å². The van der Waals surface area contributed by atoms with E-state index in [9.17, 15) is 26.6 Å². The first-order valence-corrected chi connectivity index (χ1v) is 8.20. The number of carbonyl (C=O) groups excluding carboxylic acids is 1. The van der Waals surface area contributed by atoms with Crippen LogP contribution in [0.5, 0.6) is 0 Å². The molecule has 0 saturated heterocycles. The minimum atomic E-state index is -5.05. The summed E-state index contributed by atoms with van der Waals surface area (Å²) in [6.07, 6.45) is 1.14. The van der Waals surface area contributed by atoms with Gasteiger partial charge in [-0.25, -0.2) is 13.7 Å². The Balaban J connectivity index is 2.30. The Labute approximate surface area is 146 Å². The van der Waals surface area contributed by atoms with Crippen molar-refractivity contribution in [3.8, 4) is 0 Å². The Morgan fingerprint density at radius 3 is 2.25 bits per heavy atom. The van der Waals surface area contributed by atoms with Gasteiger partial charge in [0.25, 0.3) is 0 Å². The number of benzene rings is 1. The van der Waals surface area contributed by atoms with Gasteiger partial charge in [0.05, 0.1) is 6.04 Å². The van der Waals surface area contributed by atoms with E-state index in [4.69, 9.17) is 16.3 Å². The molecular weight excluding hydrogens is 397 g/mol. The molecule has 1 aromatic carbocycles. The number of hydrogen-bond acceptors (Lipinski definition) is 3. The van der Waals surface area contributed by atoms with E-state index in [-0.39, 0.29) is 5.56 Å². The van der Waals surface area contributed by atoms with Crippen LogP contribution < -0.4 is 4.72 Å². The van der Waals surface area contributed by atoms with Gasteiger partial charge in [-0.3, -0.25) is 0 Å². The standard InChI is InChI=1S/C13H9Cl2F4NO3S/c14-8-3-1-7(2-4-8)11(9-5-6-10(21)23-9)20-24(22)13(18,19)12(15,16)17/h1-6,9,11,20H/t9-,11-,24?/m1/s1. The number of hydrogen-bond donors (Lipinski definition) is 1. The normalized spacial score (nSPS) is 20.8. The molecule has 24 heavy (non-hydrogen) atoms. The molecular formula is C13H9Cl2F4NO3S. The average molecular weight is 406 g/mol. The van der Waals surface area contributed by atoms with Crippen LogP contribution in [-0.4, -0.2) is 26.9 Å². The second kappa shape index (κ2) is 6.99. The third kappa shape index (κ3) is 4.08. The molecule has 2 rings (SSSR count). The lowest BCUT2D eigenvalue weighted by molar-refractivity contribution is -0.139. The van der Waals surface area contributed by atoms with E-state index in [1.807, 2.05) is 4.72 Å². The number of cyclic esters (lactones) is 1. The molecule has 11 heteroatoms. The van der Waals surface area contributed by atoms with Crippen molar-refractivity contribution < 1.29 is 31.3 Å². The van der Waals surface area contributed by atoms with Gasteiger partial charge in [0.2, 0.25) is 0 Å². The van der Waals surface area contributed by atoms with Gasteiger partial charge >= 0.3 is 16.6 Å². The van der Waals surface area contributed by atoms with Crippen molar-refractivity contribution in [3.05, 3.63) is 47.0 Å². The van der Waals surface area contributed by atoms with E-state index in [2.05, 4.69) is 11.6 Å². The molecule has 0 bridgehead atoms. The van der Waals surface area contributed by atoms with Crippen molar-refractivity contribution in [2.75, 3.05) is 0 Å². The molecule has 1 aromatic rings. The molecule has 0 aliphatic carbocycles. The van der Waals surface area contributed by atoms with Gasteiger partial charge in [-0.05, 0) is 35.4 Å². The predicted molar refractivity (Wildman–Crippen MR) is 80.2 cm³/mol. The lowest BCUT2D eigenvalue weighted by atomic mass is 10.0. The summed E-state index contributed by atoms with van der Waals surface area (Å²) in [4.78, 5) is 11.2. The molecule has 0 saturated carbocycles. The van der Waals surface area contributed by atoms with Crippen LogP contribution in [0, 0.1) is 0 Å². The summed E-state index contributed by atoms with van der Waals surface area (Å²) in [7, 11) is -3.57. The molecule has 0 radical (unpaired) electrons. The van der Waals surface area contributed by atoms with Crippen molar-refractivity contribution in [2.24, 2.45) is 0 Å². The lowest BCUT2D eigenvalue weighted by Crippen LogP contribution is -2.47. The zero-order valence-electron chi connectivity index (χ0n) is 11.5. The lowest BCUT2D eigenvalue weighted by Gasteiger charge is -2.27. The first-order chi connectivity index (χ1) is 11.0. The molecule has 132 valence electrons. The molecule has 0 spiro atoms. The van der Waals surface area contributed by atoms with Crippen molar-refractivity contribution in [1.82, 2.24) is 4.72 Å².